The van der Waals surface area contributed by atoms with Gasteiger partial charge in [-0.15, -0.1) is 0 Å². The van der Waals surface area contributed by atoms with E-state index in [0.29, 0.717) is 21.7 Å². The Morgan fingerprint density at radius 3 is 1.48 bits per heavy atom. The van der Waals surface area contributed by atoms with Crippen molar-refractivity contribution in [3.05, 3.63) is 0 Å². The average molecular weight is 379 g/mol. The molecule has 0 N–H and O–H groups in total. The quantitative estimate of drug-likeness (QED) is 0.414. The zero-order valence-electron chi connectivity index (χ0n) is 21.6. The van der Waals surface area contributed by atoms with Crippen LogP contribution in [0.4, 0.5) is 0 Å². The van der Waals surface area contributed by atoms with Crippen molar-refractivity contribution < 1.29 is 0 Å². The van der Waals surface area contributed by atoms with Gasteiger partial charge in [0, 0.05) is 0 Å². The largest absolute Gasteiger partial charge is 0.0651 e. The first-order valence-electron chi connectivity index (χ1n) is 12.1. The van der Waals surface area contributed by atoms with Crippen LogP contribution < -0.4 is 0 Å². The lowest BCUT2D eigenvalue weighted by atomic mass is 9.32. The molecule has 0 aromatic carbocycles. The van der Waals surface area contributed by atoms with E-state index in [-0.39, 0.29) is 0 Å². The molecular formula is C27H54. The molecule has 0 spiro atoms. The van der Waals surface area contributed by atoms with Gasteiger partial charge in [0.1, 0.15) is 0 Å². The lowest BCUT2D eigenvalue weighted by Crippen LogP contribution is -2.67. The Balaban J connectivity index is 3.66. The fourth-order valence-electron chi connectivity index (χ4n) is 7.66. The summed E-state index contributed by atoms with van der Waals surface area (Å²) in [6, 6.07) is 0. The summed E-state index contributed by atoms with van der Waals surface area (Å²) in [6.07, 6.45) is 3.92. The average Bonchev–Trinajstić information content (AvgIpc) is 2.61. The molecule has 0 heteroatoms. The molecule has 1 aliphatic carbocycles. The molecule has 0 radical (unpaired) electrons. The first-order valence-corrected chi connectivity index (χ1v) is 12.1. The third-order valence-electron chi connectivity index (χ3n) is 11.7. The summed E-state index contributed by atoms with van der Waals surface area (Å²) in [5, 5.41) is 0. The molecule has 0 aromatic rings. The Hall–Kier alpha value is 0. The summed E-state index contributed by atoms with van der Waals surface area (Å²) >= 11 is 0. The van der Waals surface area contributed by atoms with Gasteiger partial charge < -0.3 is 0 Å². The molecule has 1 fully saturated rings. The first-order chi connectivity index (χ1) is 12.1. The third kappa shape index (κ3) is 3.34. The van der Waals surface area contributed by atoms with E-state index < -0.39 is 0 Å². The van der Waals surface area contributed by atoms with E-state index in [0.717, 1.165) is 35.5 Å². The summed E-state index contributed by atoms with van der Waals surface area (Å²) < 4.78 is 0. The topological polar surface area (TPSA) is 0 Å². The maximum atomic E-state index is 2.69. The molecule has 1 rings (SSSR count). The molecule has 162 valence electrons. The standard InChI is InChI=1S/C27H54/c1-15-18(4)19(5)22(16-2)23(17-3)27(14)25(10,11)21(7)20(6)24(8,9)26(27,12)13/h18-23H,15-17H2,1-14H3. The van der Waals surface area contributed by atoms with Gasteiger partial charge >= 0.3 is 0 Å². The maximum absolute atomic E-state index is 2.69. The van der Waals surface area contributed by atoms with E-state index in [4.69, 9.17) is 0 Å². The zero-order valence-corrected chi connectivity index (χ0v) is 21.6. The summed E-state index contributed by atoms with van der Waals surface area (Å²) in [6.45, 7) is 35.7. The fourth-order valence-corrected chi connectivity index (χ4v) is 7.66. The van der Waals surface area contributed by atoms with Gasteiger partial charge in [-0.05, 0) is 57.2 Å². The van der Waals surface area contributed by atoms with Crippen molar-refractivity contribution in [1.29, 1.82) is 0 Å². The van der Waals surface area contributed by atoms with Crippen LogP contribution in [0.2, 0.25) is 0 Å². The molecular weight excluding hydrogens is 324 g/mol. The molecule has 1 saturated carbocycles. The highest BCUT2D eigenvalue weighted by Crippen LogP contribution is 2.73. The van der Waals surface area contributed by atoms with E-state index in [1.165, 1.54) is 19.3 Å². The van der Waals surface area contributed by atoms with Crippen molar-refractivity contribution in [2.24, 2.45) is 57.2 Å². The van der Waals surface area contributed by atoms with Crippen LogP contribution in [-0.2, 0) is 0 Å². The van der Waals surface area contributed by atoms with E-state index in [2.05, 4.69) is 96.9 Å². The van der Waals surface area contributed by atoms with Gasteiger partial charge in [0.25, 0.3) is 0 Å². The van der Waals surface area contributed by atoms with E-state index in [1.807, 2.05) is 0 Å². The van der Waals surface area contributed by atoms with Gasteiger partial charge in [-0.1, -0.05) is 116 Å². The van der Waals surface area contributed by atoms with Crippen LogP contribution in [-0.4, -0.2) is 0 Å². The van der Waals surface area contributed by atoms with Crippen molar-refractivity contribution in [1.82, 2.24) is 0 Å². The molecule has 0 nitrogen and oxygen atoms in total. The van der Waals surface area contributed by atoms with Crippen molar-refractivity contribution in [2.45, 2.75) is 116 Å². The van der Waals surface area contributed by atoms with Gasteiger partial charge in [-0.3, -0.25) is 0 Å². The second-order valence-corrected chi connectivity index (χ2v) is 12.2. The normalized spacial score (nSPS) is 36.7. The van der Waals surface area contributed by atoms with Crippen molar-refractivity contribution >= 4 is 0 Å². The summed E-state index contributed by atoms with van der Waals surface area (Å²) in [5.41, 5.74) is 1.27. The summed E-state index contributed by atoms with van der Waals surface area (Å²) in [4.78, 5) is 0. The Morgan fingerprint density at radius 1 is 0.667 bits per heavy atom. The predicted octanol–water partition coefficient (Wildman–Crippen LogP) is 9.09. The summed E-state index contributed by atoms with van der Waals surface area (Å²) in [5.74, 6) is 4.66. The number of hydrogen-bond acceptors (Lipinski definition) is 0. The molecule has 0 aromatic heterocycles. The van der Waals surface area contributed by atoms with Gasteiger partial charge in [0.2, 0.25) is 0 Å². The van der Waals surface area contributed by atoms with Crippen LogP contribution in [0.25, 0.3) is 0 Å². The van der Waals surface area contributed by atoms with Crippen LogP contribution in [0.15, 0.2) is 0 Å². The van der Waals surface area contributed by atoms with Crippen LogP contribution in [0.5, 0.6) is 0 Å². The molecule has 0 bridgehead atoms. The molecule has 0 aliphatic heterocycles. The molecule has 7 unspecified atom stereocenters. The van der Waals surface area contributed by atoms with E-state index >= 15 is 0 Å². The van der Waals surface area contributed by atoms with E-state index in [1.54, 1.807) is 0 Å². The molecule has 7 atom stereocenters. The fraction of sp³-hybridized carbons (Fsp3) is 1.00. The minimum Gasteiger partial charge on any atom is -0.0651 e. The predicted molar refractivity (Wildman–Crippen MR) is 124 cm³/mol. The Labute approximate surface area is 173 Å². The lowest BCUT2D eigenvalue weighted by Gasteiger charge is -2.73. The van der Waals surface area contributed by atoms with Crippen LogP contribution in [0.3, 0.4) is 0 Å². The number of rotatable bonds is 7. The molecule has 0 heterocycles. The minimum atomic E-state index is 0.290. The van der Waals surface area contributed by atoms with Gasteiger partial charge in [0.15, 0.2) is 0 Å². The second-order valence-electron chi connectivity index (χ2n) is 12.2. The highest BCUT2D eigenvalue weighted by atomic mass is 14.7. The first kappa shape index (κ1) is 25.0. The lowest BCUT2D eigenvalue weighted by molar-refractivity contribution is -0.248. The van der Waals surface area contributed by atoms with Gasteiger partial charge in [0.05, 0.1) is 0 Å². The number of hydrogen-bond donors (Lipinski definition) is 0. The molecule has 27 heavy (non-hydrogen) atoms. The van der Waals surface area contributed by atoms with Crippen LogP contribution in [0.1, 0.15) is 116 Å². The summed E-state index contributed by atoms with van der Waals surface area (Å²) in [7, 11) is 0. The van der Waals surface area contributed by atoms with Gasteiger partial charge in [-0.2, -0.15) is 0 Å². The third-order valence-corrected chi connectivity index (χ3v) is 11.7. The highest BCUT2D eigenvalue weighted by molar-refractivity contribution is 5.15. The van der Waals surface area contributed by atoms with Crippen molar-refractivity contribution in [3.63, 3.8) is 0 Å². The maximum Gasteiger partial charge on any atom is -0.0185 e. The second kappa shape index (κ2) is 8.02. The van der Waals surface area contributed by atoms with Crippen molar-refractivity contribution in [3.8, 4) is 0 Å². The van der Waals surface area contributed by atoms with Crippen LogP contribution in [0, 0.1) is 57.2 Å². The highest BCUT2D eigenvalue weighted by Gasteiger charge is 2.68. The minimum absolute atomic E-state index is 0.290. The monoisotopic (exact) mass is 378 g/mol. The smallest absolute Gasteiger partial charge is 0.0185 e. The molecule has 0 amide bonds. The Bertz CT molecular complexity index is 482. The van der Waals surface area contributed by atoms with E-state index in [9.17, 15) is 0 Å². The Kier molecular flexibility index (Phi) is 7.44. The van der Waals surface area contributed by atoms with Gasteiger partial charge in [-0.25, -0.2) is 0 Å². The SMILES string of the molecule is CCC(C)C(C)C(CC)C(CC)C1(C)C(C)(C)C(C)C(C)C(C)(C)C1(C)C. The van der Waals surface area contributed by atoms with Crippen molar-refractivity contribution in [2.75, 3.05) is 0 Å². The zero-order chi connectivity index (χ0) is 21.6. The molecule has 0 saturated heterocycles. The Morgan fingerprint density at radius 2 is 1.11 bits per heavy atom. The molecule has 1 aliphatic rings. The van der Waals surface area contributed by atoms with Crippen LogP contribution >= 0.6 is 0 Å².